The molecule has 5 nitrogen and oxygen atoms in total. The molecule has 2 aromatic carbocycles. The van der Waals surface area contributed by atoms with Gasteiger partial charge in [0.1, 0.15) is 5.75 Å². The van der Waals surface area contributed by atoms with E-state index in [1.54, 1.807) is 24.1 Å². The highest BCUT2D eigenvalue weighted by atomic mass is 16.5. The van der Waals surface area contributed by atoms with Crippen molar-refractivity contribution >= 4 is 17.3 Å². The van der Waals surface area contributed by atoms with E-state index in [9.17, 15) is 9.90 Å². The molecule has 0 spiro atoms. The first-order chi connectivity index (χ1) is 11.2. The van der Waals surface area contributed by atoms with Gasteiger partial charge in [-0.15, -0.1) is 0 Å². The largest absolute Gasteiger partial charge is 0.497 e. The van der Waals surface area contributed by atoms with Gasteiger partial charge in [-0.1, -0.05) is 18.2 Å². The second-order valence-electron chi connectivity index (χ2n) is 5.59. The number of methoxy groups -OCH3 is 1. The van der Waals surface area contributed by atoms with E-state index >= 15 is 0 Å². The number of aliphatic hydroxyl groups excluding tert-OH is 1. The monoisotopic (exact) mass is 312 g/mol. The third-order valence-corrected chi connectivity index (χ3v) is 4.14. The fourth-order valence-electron chi connectivity index (χ4n) is 2.76. The summed E-state index contributed by atoms with van der Waals surface area (Å²) in [5, 5.41) is 9.46. The molecule has 120 valence electrons. The number of fused-ring (bicyclic) bond motifs is 1. The molecule has 0 bridgehead atoms. The number of benzene rings is 2. The minimum Gasteiger partial charge on any atom is -0.497 e. The number of aliphatic hydroxyl groups is 1. The van der Waals surface area contributed by atoms with E-state index in [-0.39, 0.29) is 18.6 Å². The Morgan fingerprint density at radius 3 is 2.61 bits per heavy atom. The number of anilines is 2. The molecule has 0 aromatic heterocycles. The van der Waals surface area contributed by atoms with Crippen LogP contribution in [0.5, 0.6) is 5.75 Å². The van der Waals surface area contributed by atoms with Gasteiger partial charge in [-0.3, -0.25) is 4.79 Å². The quantitative estimate of drug-likeness (QED) is 0.943. The lowest BCUT2D eigenvalue weighted by molar-refractivity contribution is 0.0609. The molecule has 0 aliphatic carbocycles. The Bertz CT molecular complexity index is 703. The van der Waals surface area contributed by atoms with Gasteiger partial charge in [-0.25, -0.2) is 0 Å². The van der Waals surface area contributed by atoms with Crippen molar-refractivity contribution in [3.05, 3.63) is 54.1 Å². The molecule has 1 heterocycles. The number of rotatable bonds is 4. The van der Waals surface area contributed by atoms with Gasteiger partial charge in [0, 0.05) is 11.8 Å². The van der Waals surface area contributed by atoms with Crippen LogP contribution < -0.4 is 9.64 Å². The van der Waals surface area contributed by atoms with Gasteiger partial charge in [0.05, 0.1) is 37.7 Å². The fraction of sp³-hybridized carbons (Fsp3) is 0.278. The van der Waals surface area contributed by atoms with Gasteiger partial charge in [-0.05, 0) is 31.2 Å². The molecule has 2 aromatic rings. The first kappa shape index (κ1) is 15.4. The summed E-state index contributed by atoms with van der Waals surface area (Å²) in [6.45, 7) is 2.17. The van der Waals surface area contributed by atoms with Crippen molar-refractivity contribution in [1.82, 2.24) is 4.90 Å². The summed E-state index contributed by atoms with van der Waals surface area (Å²) < 4.78 is 5.30. The molecule has 1 N–H and O–H groups in total. The molecule has 23 heavy (non-hydrogen) atoms. The van der Waals surface area contributed by atoms with Crippen LogP contribution in [0.25, 0.3) is 0 Å². The molecule has 1 aliphatic rings. The lowest BCUT2D eigenvalue weighted by Crippen LogP contribution is -2.50. The van der Waals surface area contributed by atoms with Gasteiger partial charge in [0.25, 0.3) is 5.91 Å². The van der Waals surface area contributed by atoms with E-state index in [4.69, 9.17) is 4.74 Å². The Labute approximate surface area is 135 Å². The summed E-state index contributed by atoms with van der Waals surface area (Å²) in [7, 11) is 1.61. The van der Waals surface area contributed by atoms with E-state index < -0.39 is 0 Å². The number of nitrogens with zero attached hydrogens (tertiary/aromatic N) is 2. The SMILES string of the molecule is COc1ccc2c(c1)N(c1ccccc1)CN(C(C)CO)C2=O. The molecular formula is C18H20N2O3. The highest BCUT2D eigenvalue weighted by Gasteiger charge is 2.32. The van der Waals surface area contributed by atoms with Crippen molar-refractivity contribution < 1.29 is 14.6 Å². The predicted octanol–water partition coefficient (Wildman–Crippen LogP) is 2.63. The molecule has 0 saturated heterocycles. The average molecular weight is 312 g/mol. The topological polar surface area (TPSA) is 53.0 Å². The maximum atomic E-state index is 12.7. The Hall–Kier alpha value is -2.53. The van der Waals surface area contributed by atoms with Crippen molar-refractivity contribution in [2.24, 2.45) is 0 Å². The second kappa shape index (κ2) is 6.30. The number of amides is 1. The summed E-state index contributed by atoms with van der Waals surface area (Å²) in [6, 6.07) is 15.1. The Morgan fingerprint density at radius 2 is 1.96 bits per heavy atom. The molecule has 0 fully saturated rings. The molecule has 1 unspecified atom stereocenters. The number of carbonyl (C=O) groups is 1. The maximum absolute atomic E-state index is 12.7. The van der Waals surface area contributed by atoms with Crippen LogP contribution in [0.3, 0.4) is 0 Å². The van der Waals surface area contributed by atoms with E-state index in [1.807, 2.05) is 43.3 Å². The minimum absolute atomic E-state index is 0.0696. The molecular weight excluding hydrogens is 292 g/mol. The zero-order chi connectivity index (χ0) is 16.4. The van der Waals surface area contributed by atoms with Crippen molar-refractivity contribution in [3.8, 4) is 5.75 Å². The van der Waals surface area contributed by atoms with Gasteiger partial charge in [0.15, 0.2) is 0 Å². The van der Waals surface area contributed by atoms with Gasteiger partial charge in [0.2, 0.25) is 0 Å². The molecule has 0 radical (unpaired) electrons. The Kier molecular flexibility index (Phi) is 4.21. The lowest BCUT2D eigenvalue weighted by atomic mass is 10.1. The molecule has 1 amide bonds. The minimum atomic E-state index is -0.246. The zero-order valence-corrected chi connectivity index (χ0v) is 13.3. The Balaban J connectivity index is 2.11. The zero-order valence-electron chi connectivity index (χ0n) is 13.3. The summed E-state index contributed by atoms with van der Waals surface area (Å²) >= 11 is 0. The standard InChI is InChI=1S/C18H20N2O3/c1-13(11-21)19-12-20(14-6-4-3-5-7-14)17-10-15(23-2)8-9-16(17)18(19)22/h3-10,13,21H,11-12H2,1-2H3. The van der Waals surface area contributed by atoms with Crippen LogP contribution in [0, 0.1) is 0 Å². The van der Waals surface area contributed by atoms with Crippen LogP contribution in [-0.4, -0.2) is 42.3 Å². The molecule has 5 heteroatoms. The average Bonchev–Trinajstić information content (AvgIpc) is 2.61. The molecule has 0 saturated carbocycles. The number of para-hydroxylation sites is 1. The van der Waals surface area contributed by atoms with Gasteiger partial charge >= 0.3 is 0 Å². The third kappa shape index (κ3) is 2.75. The van der Waals surface area contributed by atoms with Crippen molar-refractivity contribution in [3.63, 3.8) is 0 Å². The summed E-state index contributed by atoms with van der Waals surface area (Å²) in [5.74, 6) is 0.637. The number of hydrogen-bond donors (Lipinski definition) is 1. The fourth-order valence-corrected chi connectivity index (χ4v) is 2.76. The smallest absolute Gasteiger partial charge is 0.257 e. The van der Waals surface area contributed by atoms with E-state index in [2.05, 4.69) is 4.90 Å². The van der Waals surface area contributed by atoms with Crippen LogP contribution >= 0.6 is 0 Å². The first-order valence-corrected chi connectivity index (χ1v) is 7.58. The normalized spacial score (nSPS) is 15.3. The van der Waals surface area contributed by atoms with Crippen LogP contribution in [-0.2, 0) is 0 Å². The second-order valence-corrected chi connectivity index (χ2v) is 5.59. The molecule has 1 atom stereocenters. The summed E-state index contributed by atoms with van der Waals surface area (Å²) in [5.41, 5.74) is 2.42. The van der Waals surface area contributed by atoms with E-state index in [1.165, 1.54) is 0 Å². The van der Waals surface area contributed by atoms with Gasteiger partial charge in [-0.2, -0.15) is 0 Å². The van der Waals surface area contributed by atoms with Gasteiger partial charge < -0.3 is 19.6 Å². The molecule has 3 rings (SSSR count). The summed E-state index contributed by atoms with van der Waals surface area (Å²) in [4.78, 5) is 16.5. The molecule has 1 aliphatic heterocycles. The van der Waals surface area contributed by atoms with E-state index in [0.717, 1.165) is 11.4 Å². The number of carbonyl (C=O) groups excluding carboxylic acids is 1. The van der Waals surface area contributed by atoms with Crippen molar-refractivity contribution in [2.75, 3.05) is 25.3 Å². The number of ether oxygens (including phenoxy) is 1. The van der Waals surface area contributed by atoms with Crippen LogP contribution in [0.1, 0.15) is 17.3 Å². The lowest BCUT2D eigenvalue weighted by Gasteiger charge is -2.40. The van der Waals surface area contributed by atoms with Crippen LogP contribution in [0.2, 0.25) is 0 Å². The van der Waals surface area contributed by atoms with Crippen molar-refractivity contribution in [2.45, 2.75) is 13.0 Å². The van der Waals surface area contributed by atoms with Crippen molar-refractivity contribution in [1.29, 1.82) is 0 Å². The Morgan fingerprint density at radius 1 is 1.22 bits per heavy atom. The van der Waals surface area contributed by atoms with Crippen LogP contribution in [0.4, 0.5) is 11.4 Å². The predicted molar refractivity (Wildman–Crippen MR) is 89.2 cm³/mol. The summed E-state index contributed by atoms with van der Waals surface area (Å²) in [6.07, 6.45) is 0. The van der Waals surface area contributed by atoms with Crippen LogP contribution in [0.15, 0.2) is 48.5 Å². The number of hydrogen-bond acceptors (Lipinski definition) is 4. The third-order valence-electron chi connectivity index (χ3n) is 4.14. The highest BCUT2D eigenvalue weighted by molar-refractivity contribution is 6.03. The van der Waals surface area contributed by atoms with E-state index in [0.29, 0.717) is 18.0 Å². The maximum Gasteiger partial charge on any atom is 0.257 e. The first-order valence-electron chi connectivity index (χ1n) is 7.58. The highest BCUT2D eigenvalue weighted by Crippen LogP contribution is 2.36.